The second-order valence-electron chi connectivity index (χ2n) is 6.58. The molecule has 0 saturated carbocycles. The van der Waals surface area contributed by atoms with Crippen LogP contribution in [0, 0.1) is 6.92 Å². The quantitative estimate of drug-likeness (QED) is 0.728. The van der Waals surface area contributed by atoms with Crippen LogP contribution in [0.25, 0.3) is 16.0 Å². The molecule has 0 radical (unpaired) electrons. The van der Waals surface area contributed by atoms with Crippen LogP contribution in [0.2, 0.25) is 0 Å². The molecule has 1 saturated heterocycles. The van der Waals surface area contributed by atoms with E-state index >= 15 is 0 Å². The summed E-state index contributed by atoms with van der Waals surface area (Å²) < 4.78 is 21.6. The monoisotopic (exact) mass is 377 g/mol. The van der Waals surface area contributed by atoms with Gasteiger partial charge in [-0.2, -0.15) is 4.98 Å². The molecule has 9 heteroatoms. The first-order valence-corrected chi connectivity index (χ1v) is 9.09. The fourth-order valence-electron chi connectivity index (χ4n) is 3.29. The van der Waals surface area contributed by atoms with Crippen LogP contribution in [0.3, 0.4) is 0 Å². The first kappa shape index (κ1) is 17.0. The van der Waals surface area contributed by atoms with Gasteiger partial charge in [-0.1, -0.05) is 11.3 Å². The third kappa shape index (κ3) is 2.97. The van der Waals surface area contributed by atoms with E-state index in [9.17, 15) is 9.50 Å². The van der Waals surface area contributed by atoms with Gasteiger partial charge >= 0.3 is 0 Å². The first-order valence-electron chi connectivity index (χ1n) is 8.28. The normalized spacial score (nSPS) is 20.8. The van der Waals surface area contributed by atoms with Crippen LogP contribution >= 0.6 is 11.3 Å². The van der Waals surface area contributed by atoms with Crippen LogP contribution in [0.1, 0.15) is 5.56 Å². The molecule has 0 aliphatic carbocycles. The number of nitrogens with zero attached hydrogens (tertiary/aromatic N) is 4. The van der Waals surface area contributed by atoms with E-state index in [2.05, 4.69) is 15.4 Å². The Bertz CT molecular complexity index is 901. The lowest BCUT2D eigenvalue weighted by molar-refractivity contribution is 0.314. The van der Waals surface area contributed by atoms with Gasteiger partial charge in [0, 0.05) is 19.2 Å². The van der Waals surface area contributed by atoms with Gasteiger partial charge in [0.05, 0.1) is 24.0 Å². The highest BCUT2D eigenvalue weighted by Crippen LogP contribution is 2.33. The van der Waals surface area contributed by atoms with E-state index in [1.165, 1.54) is 11.3 Å². The summed E-state index contributed by atoms with van der Waals surface area (Å²) in [7, 11) is 3.46. The van der Waals surface area contributed by atoms with Crippen molar-refractivity contribution in [2.75, 3.05) is 32.6 Å². The van der Waals surface area contributed by atoms with E-state index < -0.39 is 6.17 Å². The Balaban J connectivity index is 1.61. The van der Waals surface area contributed by atoms with Crippen LogP contribution in [-0.2, 0) is 0 Å². The molecule has 2 atom stereocenters. The number of ether oxygens (including phenoxy) is 1. The summed E-state index contributed by atoms with van der Waals surface area (Å²) in [6.45, 7) is 2.96. The number of likely N-dealkylation sites (tertiary alicyclic amines) is 1. The number of aromatic hydroxyl groups is 1. The number of likely N-dealkylation sites (N-methyl/N-ethyl adjacent to an activating group) is 1. The van der Waals surface area contributed by atoms with Crippen LogP contribution < -0.4 is 10.1 Å². The standard InChI is InChI=1S/C17H20FN5O2S/c1-9-4-10(25-3)5-13(24)15(9)23-8-14-16(21-23)20-17(26-14)19-12-7-22(2)6-11(12)18/h4-5,8,11-12,24H,6-7H2,1-3H3,(H,19,20,21)/t11-,12-/m0/s1. The Labute approximate surface area is 154 Å². The Morgan fingerprint density at radius 2 is 2.19 bits per heavy atom. The van der Waals surface area contributed by atoms with Crippen molar-refractivity contribution in [2.24, 2.45) is 0 Å². The van der Waals surface area contributed by atoms with Crippen molar-refractivity contribution in [3.63, 3.8) is 0 Å². The van der Waals surface area contributed by atoms with Gasteiger partial charge in [-0.05, 0) is 25.6 Å². The highest BCUT2D eigenvalue weighted by atomic mass is 32.1. The minimum Gasteiger partial charge on any atom is -0.506 e. The van der Waals surface area contributed by atoms with Crippen molar-refractivity contribution in [3.05, 3.63) is 23.9 Å². The zero-order valence-electron chi connectivity index (χ0n) is 14.7. The number of aromatic nitrogens is 3. The van der Waals surface area contributed by atoms with Crippen molar-refractivity contribution in [1.82, 2.24) is 19.7 Å². The summed E-state index contributed by atoms with van der Waals surface area (Å²) in [6, 6.07) is 3.13. The highest BCUT2D eigenvalue weighted by Gasteiger charge is 2.31. The van der Waals surface area contributed by atoms with Crippen molar-refractivity contribution >= 4 is 26.8 Å². The number of benzene rings is 1. The Morgan fingerprint density at radius 1 is 1.38 bits per heavy atom. The van der Waals surface area contributed by atoms with Gasteiger partial charge in [0.15, 0.2) is 10.8 Å². The number of anilines is 1. The molecule has 2 N–H and O–H groups in total. The minimum absolute atomic E-state index is 0.0876. The van der Waals surface area contributed by atoms with Gasteiger partial charge in [0.25, 0.3) is 0 Å². The molecule has 0 unspecified atom stereocenters. The number of aryl methyl sites for hydroxylation is 1. The van der Waals surface area contributed by atoms with Gasteiger partial charge < -0.3 is 20.1 Å². The fraction of sp³-hybridized carbons (Fsp3) is 0.412. The second-order valence-corrected chi connectivity index (χ2v) is 7.61. The molecule has 26 heavy (non-hydrogen) atoms. The summed E-state index contributed by atoms with van der Waals surface area (Å²) in [4.78, 5) is 6.41. The molecular weight excluding hydrogens is 357 g/mol. The number of hydrogen-bond donors (Lipinski definition) is 2. The first-order chi connectivity index (χ1) is 12.4. The number of halogens is 1. The maximum Gasteiger partial charge on any atom is 0.194 e. The van der Waals surface area contributed by atoms with Gasteiger partial charge in [-0.15, -0.1) is 5.10 Å². The summed E-state index contributed by atoms with van der Waals surface area (Å²) in [6.07, 6.45) is 0.912. The van der Waals surface area contributed by atoms with Gasteiger partial charge in [-0.3, -0.25) is 0 Å². The second kappa shape index (κ2) is 6.40. The molecule has 1 aliphatic rings. The summed E-state index contributed by atoms with van der Waals surface area (Å²) >= 11 is 1.43. The molecule has 1 fully saturated rings. The van der Waals surface area contributed by atoms with E-state index in [0.29, 0.717) is 35.3 Å². The SMILES string of the molecule is COc1cc(C)c(-n2cc3sc(N[C@H]4CN(C)C[C@@H]4F)nc3n2)c(O)c1. The number of methoxy groups -OCH3 is 1. The smallest absolute Gasteiger partial charge is 0.194 e. The van der Waals surface area contributed by atoms with E-state index in [1.54, 1.807) is 17.9 Å². The van der Waals surface area contributed by atoms with E-state index in [0.717, 1.165) is 10.3 Å². The summed E-state index contributed by atoms with van der Waals surface area (Å²) in [5.41, 5.74) is 1.99. The summed E-state index contributed by atoms with van der Waals surface area (Å²) in [5.74, 6) is 0.675. The molecule has 3 aromatic rings. The third-order valence-corrected chi connectivity index (χ3v) is 5.45. The lowest BCUT2D eigenvalue weighted by atomic mass is 10.1. The number of phenols is 1. The predicted octanol–water partition coefficient (Wildman–Crippen LogP) is 2.57. The molecule has 2 aromatic heterocycles. The molecular formula is C17H20FN5O2S. The molecule has 1 aliphatic heterocycles. The molecule has 3 heterocycles. The number of rotatable bonds is 4. The summed E-state index contributed by atoms with van der Waals surface area (Å²) in [5, 5.41) is 18.6. The Morgan fingerprint density at radius 3 is 2.81 bits per heavy atom. The van der Waals surface area contributed by atoms with Crippen molar-refractivity contribution in [1.29, 1.82) is 0 Å². The highest BCUT2D eigenvalue weighted by molar-refractivity contribution is 7.22. The molecule has 7 nitrogen and oxygen atoms in total. The average Bonchev–Trinajstić information content (AvgIpc) is 3.20. The molecule has 0 spiro atoms. The molecule has 0 bridgehead atoms. The zero-order valence-corrected chi connectivity index (χ0v) is 15.5. The van der Waals surface area contributed by atoms with E-state index in [4.69, 9.17) is 4.74 Å². The van der Waals surface area contributed by atoms with Crippen molar-refractivity contribution in [3.8, 4) is 17.2 Å². The average molecular weight is 377 g/mol. The number of phenolic OH excluding ortho intramolecular Hbond substituents is 1. The molecule has 4 rings (SSSR count). The van der Waals surface area contributed by atoms with Crippen LogP contribution in [0.4, 0.5) is 9.52 Å². The minimum atomic E-state index is -0.907. The van der Waals surface area contributed by atoms with Gasteiger partial charge in [-0.25, -0.2) is 9.07 Å². The van der Waals surface area contributed by atoms with Crippen LogP contribution in [0.5, 0.6) is 11.5 Å². The number of hydrogen-bond acceptors (Lipinski definition) is 7. The number of thiazole rings is 1. The third-order valence-electron chi connectivity index (χ3n) is 4.54. The topological polar surface area (TPSA) is 75.4 Å². The van der Waals surface area contributed by atoms with Crippen molar-refractivity contribution in [2.45, 2.75) is 19.1 Å². The van der Waals surface area contributed by atoms with Crippen LogP contribution in [-0.4, -0.2) is 64.2 Å². The Hall–Kier alpha value is -2.39. The molecule has 138 valence electrons. The predicted molar refractivity (Wildman–Crippen MR) is 99.5 cm³/mol. The molecule has 0 amide bonds. The van der Waals surface area contributed by atoms with Gasteiger partial charge in [0.1, 0.15) is 23.4 Å². The number of nitrogens with one attached hydrogen (secondary N) is 1. The van der Waals surface area contributed by atoms with Crippen molar-refractivity contribution < 1.29 is 14.2 Å². The lowest BCUT2D eigenvalue weighted by Crippen LogP contribution is -2.29. The maximum atomic E-state index is 14.0. The Kier molecular flexibility index (Phi) is 4.20. The lowest BCUT2D eigenvalue weighted by Gasteiger charge is -2.13. The van der Waals surface area contributed by atoms with Crippen LogP contribution in [0.15, 0.2) is 18.3 Å². The molecule has 1 aromatic carbocycles. The largest absolute Gasteiger partial charge is 0.506 e. The number of fused-ring (bicyclic) bond motifs is 1. The van der Waals surface area contributed by atoms with E-state index in [-0.39, 0.29) is 11.8 Å². The zero-order chi connectivity index (χ0) is 18.4. The van der Waals surface area contributed by atoms with Gasteiger partial charge in [0.2, 0.25) is 0 Å². The fourth-order valence-corrected chi connectivity index (χ4v) is 4.17. The maximum absolute atomic E-state index is 14.0. The van der Waals surface area contributed by atoms with E-state index in [1.807, 2.05) is 31.1 Å². The number of alkyl halides is 1.